The van der Waals surface area contributed by atoms with E-state index in [1.165, 1.54) is 0 Å². The summed E-state index contributed by atoms with van der Waals surface area (Å²) in [5.74, 6) is -0.390. The van der Waals surface area contributed by atoms with Crippen molar-refractivity contribution in [2.45, 2.75) is 51.2 Å². The molecule has 3 rings (SSSR count). The molecule has 1 aromatic carbocycles. The lowest BCUT2D eigenvalue weighted by atomic mass is 10.1. The Morgan fingerprint density at radius 1 is 1.30 bits per heavy atom. The molecule has 146 valence electrons. The molecule has 0 bridgehead atoms. The number of amides is 4. The van der Waals surface area contributed by atoms with E-state index in [0.29, 0.717) is 19.7 Å². The SMILES string of the molecule is C[C@H](Nc1cccc(CN2CCOC2=O)c1)C(=O)NC(=O)NC1CCCC1. The number of cyclic esters (lactones) is 1. The third-order valence-electron chi connectivity index (χ3n) is 4.85. The summed E-state index contributed by atoms with van der Waals surface area (Å²) in [5, 5.41) is 8.31. The Morgan fingerprint density at radius 3 is 2.78 bits per heavy atom. The molecule has 1 aliphatic heterocycles. The van der Waals surface area contributed by atoms with E-state index in [0.717, 1.165) is 36.9 Å². The van der Waals surface area contributed by atoms with Gasteiger partial charge in [-0.2, -0.15) is 0 Å². The Labute approximate surface area is 158 Å². The van der Waals surface area contributed by atoms with Crippen LogP contribution in [0.5, 0.6) is 0 Å². The van der Waals surface area contributed by atoms with E-state index in [2.05, 4.69) is 16.0 Å². The highest BCUT2D eigenvalue weighted by Gasteiger charge is 2.22. The van der Waals surface area contributed by atoms with Crippen LogP contribution in [-0.2, 0) is 16.1 Å². The van der Waals surface area contributed by atoms with Gasteiger partial charge in [0.1, 0.15) is 12.6 Å². The number of nitrogens with one attached hydrogen (secondary N) is 3. The molecule has 1 aromatic rings. The number of carbonyl (C=O) groups excluding carboxylic acids is 3. The van der Waals surface area contributed by atoms with E-state index in [4.69, 9.17) is 4.74 Å². The zero-order valence-corrected chi connectivity index (χ0v) is 15.5. The van der Waals surface area contributed by atoms with Crippen LogP contribution >= 0.6 is 0 Å². The molecular weight excluding hydrogens is 348 g/mol. The summed E-state index contributed by atoms with van der Waals surface area (Å²) < 4.78 is 4.93. The van der Waals surface area contributed by atoms with Gasteiger partial charge in [0.15, 0.2) is 0 Å². The molecule has 1 saturated carbocycles. The number of carbonyl (C=O) groups is 3. The zero-order chi connectivity index (χ0) is 19.2. The Hall–Kier alpha value is -2.77. The molecule has 0 spiro atoms. The van der Waals surface area contributed by atoms with Gasteiger partial charge in [0, 0.05) is 18.3 Å². The molecule has 2 fully saturated rings. The topological polar surface area (TPSA) is 99.8 Å². The van der Waals surface area contributed by atoms with Crippen LogP contribution in [0, 0.1) is 0 Å². The summed E-state index contributed by atoms with van der Waals surface area (Å²) >= 11 is 0. The Morgan fingerprint density at radius 2 is 2.07 bits per heavy atom. The van der Waals surface area contributed by atoms with Crippen molar-refractivity contribution in [3.63, 3.8) is 0 Å². The van der Waals surface area contributed by atoms with E-state index in [-0.39, 0.29) is 18.0 Å². The van der Waals surface area contributed by atoms with Crippen molar-refractivity contribution < 1.29 is 19.1 Å². The van der Waals surface area contributed by atoms with Gasteiger partial charge < -0.3 is 20.3 Å². The highest BCUT2D eigenvalue weighted by molar-refractivity contribution is 5.98. The predicted octanol–water partition coefficient (Wildman–Crippen LogP) is 2.21. The molecule has 27 heavy (non-hydrogen) atoms. The minimum Gasteiger partial charge on any atom is -0.448 e. The second-order valence-corrected chi connectivity index (χ2v) is 7.05. The van der Waals surface area contributed by atoms with Crippen molar-refractivity contribution in [3.8, 4) is 0 Å². The maximum absolute atomic E-state index is 12.2. The largest absolute Gasteiger partial charge is 0.448 e. The molecule has 2 aliphatic rings. The Bertz CT molecular complexity index is 703. The van der Waals surface area contributed by atoms with Gasteiger partial charge >= 0.3 is 12.1 Å². The standard InChI is InChI=1S/C19H26N4O4/c1-13(17(24)22-18(25)21-15-6-2-3-7-15)20-16-8-4-5-14(11-16)12-23-9-10-27-19(23)26/h4-5,8,11,13,15,20H,2-3,6-7,9-10,12H2,1H3,(H2,21,22,24,25)/t13-/m0/s1. The molecule has 8 nitrogen and oxygen atoms in total. The molecule has 4 amide bonds. The van der Waals surface area contributed by atoms with Gasteiger partial charge in [-0.15, -0.1) is 0 Å². The first-order valence-electron chi connectivity index (χ1n) is 9.40. The van der Waals surface area contributed by atoms with Crippen LogP contribution in [0.4, 0.5) is 15.3 Å². The first-order chi connectivity index (χ1) is 13.0. The number of hydrogen-bond acceptors (Lipinski definition) is 5. The lowest BCUT2D eigenvalue weighted by molar-refractivity contribution is -0.120. The molecular formula is C19H26N4O4. The predicted molar refractivity (Wildman–Crippen MR) is 100 cm³/mol. The Kier molecular flexibility index (Phi) is 6.16. The van der Waals surface area contributed by atoms with E-state index in [9.17, 15) is 14.4 Å². The number of nitrogens with zero attached hydrogens (tertiary/aromatic N) is 1. The Balaban J connectivity index is 1.49. The van der Waals surface area contributed by atoms with Gasteiger partial charge in [-0.1, -0.05) is 25.0 Å². The average molecular weight is 374 g/mol. The molecule has 0 aromatic heterocycles. The van der Waals surface area contributed by atoms with Crippen molar-refractivity contribution in [1.29, 1.82) is 0 Å². The molecule has 1 aliphatic carbocycles. The summed E-state index contributed by atoms with van der Waals surface area (Å²) in [5.41, 5.74) is 1.68. The third-order valence-corrected chi connectivity index (χ3v) is 4.85. The second kappa shape index (κ2) is 8.75. The highest BCUT2D eigenvalue weighted by atomic mass is 16.6. The fraction of sp³-hybridized carbons (Fsp3) is 0.526. The lowest BCUT2D eigenvalue weighted by Crippen LogP contribution is -2.48. The van der Waals surface area contributed by atoms with Crippen LogP contribution in [0.15, 0.2) is 24.3 Å². The molecule has 3 N–H and O–H groups in total. The number of anilines is 1. The summed E-state index contributed by atoms with van der Waals surface area (Å²) in [4.78, 5) is 37.3. The summed E-state index contributed by atoms with van der Waals surface area (Å²) in [6.45, 7) is 3.14. The van der Waals surface area contributed by atoms with Crippen LogP contribution in [0.25, 0.3) is 0 Å². The maximum Gasteiger partial charge on any atom is 0.410 e. The van der Waals surface area contributed by atoms with Gasteiger partial charge in [-0.05, 0) is 37.5 Å². The molecule has 1 saturated heterocycles. The highest BCUT2D eigenvalue weighted by Crippen LogP contribution is 2.18. The van der Waals surface area contributed by atoms with Crippen molar-refractivity contribution >= 4 is 23.7 Å². The van der Waals surface area contributed by atoms with Crippen molar-refractivity contribution in [3.05, 3.63) is 29.8 Å². The fourth-order valence-corrected chi connectivity index (χ4v) is 3.38. The van der Waals surface area contributed by atoms with E-state index < -0.39 is 12.1 Å². The van der Waals surface area contributed by atoms with Gasteiger partial charge in [0.25, 0.3) is 0 Å². The number of hydrogen-bond donors (Lipinski definition) is 3. The second-order valence-electron chi connectivity index (χ2n) is 7.05. The zero-order valence-electron chi connectivity index (χ0n) is 15.5. The molecule has 8 heteroatoms. The minimum atomic E-state index is -0.577. The average Bonchev–Trinajstić information content (AvgIpc) is 3.27. The smallest absolute Gasteiger partial charge is 0.410 e. The van der Waals surface area contributed by atoms with Gasteiger partial charge in [0.05, 0.1) is 6.54 Å². The van der Waals surface area contributed by atoms with Crippen LogP contribution in [-0.4, -0.2) is 48.2 Å². The number of urea groups is 1. The number of imide groups is 1. The van der Waals surface area contributed by atoms with Crippen LogP contribution < -0.4 is 16.0 Å². The summed E-state index contributed by atoms with van der Waals surface area (Å²) in [7, 11) is 0. The van der Waals surface area contributed by atoms with E-state index >= 15 is 0 Å². The number of rotatable bonds is 6. The van der Waals surface area contributed by atoms with Gasteiger partial charge in [0.2, 0.25) is 5.91 Å². The van der Waals surface area contributed by atoms with Crippen molar-refractivity contribution in [2.24, 2.45) is 0 Å². The quantitative estimate of drug-likeness (QED) is 0.709. The third kappa shape index (κ3) is 5.35. The lowest BCUT2D eigenvalue weighted by Gasteiger charge is -2.18. The van der Waals surface area contributed by atoms with Crippen molar-refractivity contribution in [2.75, 3.05) is 18.5 Å². The number of benzene rings is 1. The first-order valence-corrected chi connectivity index (χ1v) is 9.40. The minimum absolute atomic E-state index is 0.162. The van der Waals surface area contributed by atoms with Gasteiger partial charge in [-0.3, -0.25) is 10.1 Å². The van der Waals surface area contributed by atoms with Crippen molar-refractivity contribution in [1.82, 2.24) is 15.5 Å². The monoisotopic (exact) mass is 374 g/mol. The van der Waals surface area contributed by atoms with E-state index in [1.807, 2.05) is 24.3 Å². The summed E-state index contributed by atoms with van der Waals surface area (Å²) in [6, 6.07) is 6.64. The van der Waals surface area contributed by atoms with Crippen LogP contribution in [0.1, 0.15) is 38.2 Å². The molecule has 1 atom stereocenters. The van der Waals surface area contributed by atoms with Crippen LogP contribution in [0.3, 0.4) is 0 Å². The molecule has 0 radical (unpaired) electrons. The van der Waals surface area contributed by atoms with Crippen LogP contribution in [0.2, 0.25) is 0 Å². The summed E-state index contributed by atoms with van der Waals surface area (Å²) in [6.07, 6.45) is 3.85. The molecule has 1 heterocycles. The molecule has 0 unspecified atom stereocenters. The number of ether oxygens (including phenoxy) is 1. The normalized spacial score (nSPS) is 18.1. The maximum atomic E-state index is 12.2. The van der Waals surface area contributed by atoms with Gasteiger partial charge in [-0.25, -0.2) is 9.59 Å². The first kappa shape index (κ1) is 19.0. The van der Waals surface area contributed by atoms with E-state index in [1.54, 1.807) is 11.8 Å². The fourth-order valence-electron chi connectivity index (χ4n) is 3.38.